The molecule has 6 heteroatoms. The van der Waals surface area contributed by atoms with Crippen molar-refractivity contribution in [1.29, 1.82) is 0 Å². The standard InChI is InChI=1S/C59H114O6/c1-5-7-9-11-13-15-17-19-21-23-25-26-28-30-34-38-42-46-50-57(60)63-53-56(54-64-58(61)51-47-43-39-36-32-33-37-41-45-49-55(3)4)65-59(62)52-48-44-40-35-31-29-27-24-22-20-18-16-14-12-10-8-6-2/h55-56H,5-54H2,1-4H3/t56-/m1/s1. The topological polar surface area (TPSA) is 78.9 Å². The monoisotopic (exact) mass is 919 g/mol. The van der Waals surface area contributed by atoms with E-state index in [1.807, 2.05) is 0 Å². The van der Waals surface area contributed by atoms with Gasteiger partial charge in [-0.2, -0.15) is 0 Å². The summed E-state index contributed by atoms with van der Waals surface area (Å²) >= 11 is 0. The predicted octanol–water partition coefficient (Wildman–Crippen LogP) is 19.4. The number of carbonyl (C=O) groups excluding carboxylic acids is 3. The van der Waals surface area contributed by atoms with Gasteiger partial charge in [0.25, 0.3) is 0 Å². The maximum Gasteiger partial charge on any atom is 0.306 e. The molecule has 0 spiro atoms. The summed E-state index contributed by atoms with van der Waals surface area (Å²) in [5.41, 5.74) is 0. The van der Waals surface area contributed by atoms with Crippen molar-refractivity contribution in [2.75, 3.05) is 13.2 Å². The molecule has 6 nitrogen and oxygen atoms in total. The van der Waals surface area contributed by atoms with Gasteiger partial charge in [-0.15, -0.1) is 0 Å². The Labute approximate surface area is 406 Å². The number of esters is 3. The van der Waals surface area contributed by atoms with Gasteiger partial charge in [0.05, 0.1) is 0 Å². The van der Waals surface area contributed by atoms with E-state index in [1.54, 1.807) is 0 Å². The molecule has 0 bridgehead atoms. The highest BCUT2D eigenvalue weighted by atomic mass is 16.6. The first-order chi connectivity index (χ1) is 31.9. The fraction of sp³-hybridized carbons (Fsp3) is 0.949. The molecule has 0 aliphatic heterocycles. The zero-order chi connectivity index (χ0) is 47.4. The summed E-state index contributed by atoms with van der Waals surface area (Å²) in [4.78, 5) is 38.1. The van der Waals surface area contributed by atoms with Crippen molar-refractivity contribution in [3.8, 4) is 0 Å². The zero-order valence-corrected chi connectivity index (χ0v) is 44.5. The molecule has 0 N–H and O–H groups in total. The summed E-state index contributed by atoms with van der Waals surface area (Å²) < 4.78 is 16.9. The van der Waals surface area contributed by atoms with Crippen molar-refractivity contribution < 1.29 is 28.6 Å². The lowest BCUT2D eigenvalue weighted by molar-refractivity contribution is -0.167. The van der Waals surface area contributed by atoms with Gasteiger partial charge in [0.2, 0.25) is 0 Å². The normalized spacial score (nSPS) is 12.0. The van der Waals surface area contributed by atoms with Gasteiger partial charge in [0, 0.05) is 19.3 Å². The second-order valence-electron chi connectivity index (χ2n) is 20.8. The molecular formula is C59H114O6. The highest BCUT2D eigenvalue weighted by Crippen LogP contribution is 2.18. The number of unbranched alkanes of at least 4 members (excludes halogenated alkanes) is 41. The maximum atomic E-state index is 12.9. The first-order valence-electron chi connectivity index (χ1n) is 29.4. The van der Waals surface area contributed by atoms with Crippen LogP contribution < -0.4 is 0 Å². The number of ether oxygens (including phenoxy) is 3. The molecule has 0 saturated carbocycles. The largest absolute Gasteiger partial charge is 0.462 e. The van der Waals surface area contributed by atoms with Crippen molar-refractivity contribution in [3.05, 3.63) is 0 Å². The Morgan fingerprint density at radius 3 is 0.754 bits per heavy atom. The van der Waals surface area contributed by atoms with E-state index in [4.69, 9.17) is 14.2 Å². The predicted molar refractivity (Wildman–Crippen MR) is 280 cm³/mol. The molecule has 0 aliphatic carbocycles. The zero-order valence-electron chi connectivity index (χ0n) is 44.5. The molecular weight excluding hydrogens is 805 g/mol. The number of hydrogen-bond donors (Lipinski definition) is 0. The van der Waals surface area contributed by atoms with E-state index in [2.05, 4.69) is 27.7 Å². The Morgan fingerprint density at radius 1 is 0.292 bits per heavy atom. The Bertz CT molecular complexity index is 980. The van der Waals surface area contributed by atoms with Crippen molar-refractivity contribution >= 4 is 17.9 Å². The minimum atomic E-state index is -0.762. The van der Waals surface area contributed by atoms with Crippen LogP contribution >= 0.6 is 0 Å². The Kier molecular flexibility index (Phi) is 52.1. The van der Waals surface area contributed by atoms with E-state index in [-0.39, 0.29) is 31.1 Å². The lowest BCUT2D eigenvalue weighted by atomic mass is 10.0. The van der Waals surface area contributed by atoms with E-state index in [9.17, 15) is 14.4 Å². The molecule has 0 radical (unpaired) electrons. The minimum absolute atomic E-state index is 0.0621. The average Bonchev–Trinajstić information content (AvgIpc) is 3.29. The first kappa shape index (κ1) is 63.4. The summed E-state index contributed by atoms with van der Waals surface area (Å²) in [6.07, 6.45) is 58.1. The fourth-order valence-electron chi connectivity index (χ4n) is 9.10. The molecule has 0 heterocycles. The Hall–Kier alpha value is -1.59. The fourth-order valence-corrected chi connectivity index (χ4v) is 9.10. The van der Waals surface area contributed by atoms with Gasteiger partial charge < -0.3 is 14.2 Å². The second-order valence-corrected chi connectivity index (χ2v) is 20.8. The summed E-state index contributed by atoms with van der Waals surface area (Å²) in [7, 11) is 0. The van der Waals surface area contributed by atoms with Crippen molar-refractivity contribution in [2.45, 2.75) is 342 Å². The highest BCUT2D eigenvalue weighted by Gasteiger charge is 2.19. The minimum Gasteiger partial charge on any atom is -0.462 e. The lowest BCUT2D eigenvalue weighted by Gasteiger charge is -2.18. The van der Waals surface area contributed by atoms with Crippen LogP contribution in [0.4, 0.5) is 0 Å². The molecule has 0 aromatic heterocycles. The quantitative estimate of drug-likeness (QED) is 0.0344. The van der Waals surface area contributed by atoms with Crippen LogP contribution in [0.1, 0.15) is 336 Å². The van der Waals surface area contributed by atoms with E-state index < -0.39 is 6.10 Å². The molecule has 0 unspecified atom stereocenters. The SMILES string of the molecule is CCCCCCCCCCCCCCCCCCCCC(=O)OC[C@H](COC(=O)CCCCCCCCCCCC(C)C)OC(=O)CCCCCCCCCCCCCCCCCCC. The van der Waals surface area contributed by atoms with Gasteiger partial charge >= 0.3 is 17.9 Å². The van der Waals surface area contributed by atoms with Gasteiger partial charge in [0.1, 0.15) is 13.2 Å². The maximum absolute atomic E-state index is 12.9. The third-order valence-electron chi connectivity index (χ3n) is 13.5. The molecule has 65 heavy (non-hydrogen) atoms. The molecule has 0 saturated heterocycles. The van der Waals surface area contributed by atoms with E-state index in [0.717, 1.165) is 63.7 Å². The molecule has 0 aliphatic rings. The summed E-state index contributed by atoms with van der Waals surface area (Å²) in [5, 5.41) is 0. The number of rotatable bonds is 54. The first-order valence-corrected chi connectivity index (χ1v) is 29.4. The summed E-state index contributed by atoms with van der Waals surface area (Å²) in [6, 6.07) is 0. The van der Waals surface area contributed by atoms with Crippen molar-refractivity contribution in [1.82, 2.24) is 0 Å². The van der Waals surface area contributed by atoms with Gasteiger partial charge in [-0.1, -0.05) is 297 Å². The van der Waals surface area contributed by atoms with Crippen LogP contribution in [0.3, 0.4) is 0 Å². The molecule has 386 valence electrons. The van der Waals surface area contributed by atoms with E-state index in [1.165, 1.54) is 231 Å². The Morgan fingerprint density at radius 2 is 0.508 bits per heavy atom. The average molecular weight is 920 g/mol. The molecule has 0 aromatic rings. The van der Waals surface area contributed by atoms with Crippen LogP contribution in [0.2, 0.25) is 0 Å². The Balaban J connectivity index is 4.27. The van der Waals surface area contributed by atoms with Gasteiger partial charge in [-0.3, -0.25) is 14.4 Å². The van der Waals surface area contributed by atoms with Gasteiger partial charge in [-0.05, 0) is 25.2 Å². The van der Waals surface area contributed by atoms with Gasteiger partial charge in [-0.25, -0.2) is 0 Å². The van der Waals surface area contributed by atoms with Crippen molar-refractivity contribution in [2.24, 2.45) is 5.92 Å². The molecule has 0 fully saturated rings. The highest BCUT2D eigenvalue weighted by molar-refractivity contribution is 5.71. The third-order valence-corrected chi connectivity index (χ3v) is 13.5. The molecule has 0 aromatic carbocycles. The molecule has 1 atom stereocenters. The van der Waals surface area contributed by atoms with E-state index in [0.29, 0.717) is 19.3 Å². The van der Waals surface area contributed by atoms with Crippen LogP contribution in [-0.2, 0) is 28.6 Å². The van der Waals surface area contributed by atoms with Gasteiger partial charge in [0.15, 0.2) is 6.10 Å². The summed E-state index contributed by atoms with van der Waals surface area (Å²) in [6.45, 7) is 9.04. The molecule has 0 rings (SSSR count). The lowest BCUT2D eigenvalue weighted by Crippen LogP contribution is -2.30. The van der Waals surface area contributed by atoms with Crippen LogP contribution in [-0.4, -0.2) is 37.2 Å². The van der Waals surface area contributed by atoms with Crippen LogP contribution in [0.5, 0.6) is 0 Å². The van der Waals surface area contributed by atoms with Crippen LogP contribution in [0, 0.1) is 5.92 Å². The van der Waals surface area contributed by atoms with Crippen LogP contribution in [0.15, 0.2) is 0 Å². The number of hydrogen-bond acceptors (Lipinski definition) is 6. The smallest absolute Gasteiger partial charge is 0.306 e. The van der Waals surface area contributed by atoms with Crippen molar-refractivity contribution in [3.63, 3.8) is 0 Å². The van der Waals surface area contributed by atoms with E-state index >= 15 is 0 Å². The van der Waals surface area contributed by atoms with Crippen LogP contribution in [0.25, 0.3) is 0 Å². The third kappa shape index (κ3) is 53.2. The summed E-state index contributed by atoms with van der Waals surface area (Å²) in [5.74, 6) is -0.0277. The number of carbonyl (C=O) groups is 3. The molecule has 0 amide bonds. The second kappa shape index (κ2) is 53.4.